The number of likely N-dealkylation sites (N-methyl/N-ethyl adjacent to an activating group) is 1. The summed E-state index contributed by atoms with van der Waals surface area (Å²) < 4.78 is 0. The number of rotatable bonds is 5. The van der Waals surface area contributed by atoms with Gasteiger partial charge in [-0.2, -0.15) is 0 Å². The van der Waals surface area contributed by atoms with Crippen LogP contribution >= 0.6 is 11.8 Å². The van der Waals surface area contributed by atoms with Crippen LogP contribution in [0.25, 0.3) is 11.5 Å². The second-order valence-corrected chi connectivity index (χ2v) is 8.76. The average molecular weight is 386 g/mol. The molecule has 0 bridgehead atoms. The van der Waals surface area contributed by atoms with Gasteiger partial charge in [0.2, 0.25) is 5.91 Å². The van der Waals surface area contributed by atoms with Crippen LogP contribution in [0.4, 0.5) is 5.82 Å². The molecular weight excluding hydrogens is 358 g/mol. The molecule has 0 atom stereocenters. The summed E-state index contributed by atoms with van der Waals surface area (Å²) in [6, 6.07) is 3.99. The van der Waals surface area contributed by atoms with Gasteiger partial charge in [0, 0.05) is 34.9 Å². The second-order valence-electron chi connectivity index (χ2n) is 7.88. The Bertz CT molecular complexity index is 847. The summed E-state index contributed by atoms with van der Waals surface area (Å²) in [6.07, 6.45) is 6.80. The highest BCUT2D eigenvalue weighted by Crippen LogP contribution is 2.31. The van der Waals surface area contributed by atoms with Gasteiger partial charge in [-0.3, -0.25) is 9.78 Å². The monoisotopic (exact) mass is 385 g/mol. The molecule has 0 aromatic carbocycles. The Morgan fingerprint density at radius 2 is 2.07 bits per heavy atom. The Labute approximate surface area is 165 Å². The van der Waals surface area contributed by atoms with Gasteiger partial charge in [0.25, 0.3) is 0 Å². The number of pyridine rings is 1. The first-order valence-corrected chi connectivity index (χ1v) is 10.4. The maximum absolute atomic E-state index is 12.4. The Kier molecular flexibility index (Phi) is 5.69. The number of carbonyl (C=O) groups excluding carboxylic acids is 1. The highest BCUT2D eigenvalue weighted by atomic mass is 32.2. The summed E-state index contributed by atoms with van der Waals surface area (Å²) in [7, 11) is 1.92. The first kappa shape index (κ1) is 19.6. The number of anilines is 1. The van der Waals surface area contributed by atoms with Crippen LogP contribution < -0.4 is 10.2 Å². The quantitative estimate of drug-likeness (QED) is 0.798. The van der Waals surface area contributed by atoms with Gasteiger partial charge in [0.05, 0.1) is 6.54 Å². The van der Waals surface area contributed by atoms with E-state index in [1.54, 1.807) is 18.0 Å². The molecule has 144 valence electrons. The van der Waals surface area contributed by atoms with Crippen molar-refractivity contribution in [2.24, 2.45) is 0 Å². The van der Waals surface area contributed by atoms with Crippen molar-refractivity contribution < 1.29 is 4.79 Å². The predicted molar refractivity (Wildman–Crippen MR) is 110 cm³/mol. The molecule has 0 spiro atoms. The van der Waals surface area contributed by atoms with Gasteiger partial charge in [0.15, 0.2) is 5.82 Å². The third-order valence-corrected chi connectivity index (χ3v) is 5.09. The molecule has 1 aliphatic carbocycles. The number of fused-ring (bicyclic) bond motifs is 1. The highest BCUT2D eigenvalue weighted by molar-refractivity contribution is 7.98. The number of carbonyl (C=O) groups is 1. The van der Waals surface area contributed by atoms with E-state index in [0.717, 1.165) is 46.9 Å². The summed E-state index contributed by atoms with van der Waals surface area (Å²) in [4.78, 5) is 29.5. The van der Waals surface area contributed by atoms with Crippen LogP contribution in [0.2, 0.25) is 0 Å². The highest BCUT2D eigenvalue weighted by Gasteiger charge is 2.24. The van der Waals surface area contributed by atoms with Gasteiger partial charge in [-0.25, -0.2) is 9.97 Å². The van der Waals surface area contributed by atoms with Crippen LogP contribution in [0.3, 0.4) is 0 Å². The average Bonchev–Trinajstić information content (AvgIpc) is 3.07. The molecule has 0 unspecified atom stereocenters. The summed E-state index contributed by atoms with van der Waals surface area (Å²) in [6.45, 7) is 6.21. The predicted octanol–water partition coefficient (Wildman–Crippen LogP) is 3.10. The van der Waals surface area contributed by atoms with Crippen LogP contribution in [0.15, 0.2) is 23.2 Å². The molecule has 2 heterocycles. The fourth-order valence-corrected chi connectivity index (χ4v) is 3.68. The molecule has 0 saturated carbocycles. The molecule has 3 rings (SSSR count). The number of aryl methyl sites for hydroxylation is 1. The van der Waals surface area contributed by atoms with Crippen molar-refractivity contribution in [3.05, 3.63) is 29.6 Å². The summed E-state index contributed by atoms with van der Waals surface area (Å²) in [5.41, 5.74) is 2.75. The minimum absolute atomic E-state index is 0.0144. The summed E-state index contributed by atoms with van der Waals surface area (Å²) in [5, 5.41) is 3.01. The Hall–Kier alpha value is -2.15. The van der Waals surface area contributed by atoms with E-state index in [1.807, 2.05) is 51.1 Å². The fourth-order valence-electron chi connectivity index (χ4n) is 3.25. The molecule has 0 radical (unpaired) electrons. The van der Waals surface area contributed by atoms with Gasteiger partial charge in [-0.1, -0.05) is 0 Å². The molecule has 27 heavy (non-hydrogen) atoms. The summed E-state index contributed by atoms with van der Waals surface area (Å²) in [5.74, 6) is 1.46. The molecule has 1 aliphatic rings. The topological polar surface area (TPSA) is 71.0 Å². The number of aromatic nitrogens is 3. The van der Waals surface area contributed by atoms with Crippen molar-refractivity contribution in [3.8, 4) is 11.5 Å². The molecule has 2 aromatic rings. The normalized spacial score (nSPS) is 13.4. The number of hydrogen-bond acceptors (Lipinski definition) is 6. The van der Waals surface area contributed by atoms with E-state index in [1.165, 1.54) is 0 Å². The SMILES string of the molecule is CSc1ccnc(-c2nc3c(c(N(C)CC(=O)NC(C)(C)C)n2)CCC3)c1. The minimum Gasteiger partial charge on any atom is -0.350 e. The zero-order chi connectivity index (χ0) is 19.6. The molecule has 0 aliphatic heterocycles. The molecule has 7 heteroatoms. The van der Waals surface area contributed by atoms with Gasteiger partial charge >= 0.3 is 0 Å². The Morgan fingerprint density at radius 3 is 2.78 bits per heavy atom. The standard InChI is InChI=1S/C20H27N5OS/c1-20(2,3)24-17(26)12-25(4)19-14-7-6-8-15(14)22-18(23-19)16-11-13(27-5)9-10-21-16/h9-11H,6-8,12H2,1-5H3,(H,24,26). The van der Waals surface area contributed by atoms with E-state index in [2.05, 4.69) is 10.3 Å². The first-order valence-electron chi connectivity index (χ1n) is 9.19. The van der Waals surface area contributed by atoms with Crippen molar-refractivity contribution in [2.75, 3.05) is 24.7 Å². The fraction of sp³-hybridized carbons (Fsp3) is 0.500. The van der Waals surface area contributed by atoms with Gasteiger partial charge < -0.3 is 10.2 Å². The molecule has 6 nitrogen and oxygen atoms in total. The maximum Gasteiger partial charge on any atom is 0.239 e. The van der Waals surface area contributed by atoms with Crippen molar-refractivity contribution >= 4 is 23.5 Å². The molecular formula is C20H27N5OS. The van der Waals surface area contributed by atoms with Crippen molar-refractivity contribution in [1.82, 2.24) is 20.3 Å². The third-order valence-electron chi connectivity index (χ3n) is 4.36. The maximum atomic E-state index is 12.4. The van der Waals surface area contributed by atoms with Gasteiger partial charge in [0.1, 0.15) is 11.5 Å². The first-order chi connectivity index (χ1) is 12.8. The van der Waals surface area contributed by atoms with Gasteiger partial charge in [-0.15, -0.1) is 11.8 Å². The molecule has 2 aromatic heterocycles. The Morgan fingerprint density at radius 1 is 1.30 bits per heavy atom. The smallest absolute Gasteiger partial charge is 0.239 e. The van der Waals surface area contributed by atoms with Gasteiger partial charge in [-0.05, 0) is 58.4 Å². The number of nitrogens with one attached hydrogen (secondary N) is 1. The van der Waals surface area contributed by atoms with Crippen LogP contribution in [0.1, 0.15) is 38.4 Å². The van der Waals surface area contributed by atoms with Crippen LogP contribution in [0, 0.1) is 0 Å². The lowest BCUT2D eigenvalue weighted by Gasteiger charge is -2.25. The lowest BCUT2D eigenvalue weighted by molar-refractivity contribution is -0.121. The molecule has 1 N–H and O–H groups in total. The lowest BCUT2D eigenvalue weighted by Crippen LogP contribution is -2.45. The van der Waals surface area contributed by atoms with E-state index in [9.17, 15) is 4.79 Å². The molecule has 0 fully saturated rings. The van der Waals surface area contributed by atoms with E-state index < -0.39 is 0 Å². The van der Waals surface area contributed by atoms with E-state index in [-0.39, 0.29) is 18.0 Å². The van der Waals surface area contributed by atoms with E-state index in [4.69, 9.17) is 9.97 Å². The zero-order valence-electron chi connectivity index (χ0n) is 16.7. The summed E-state index contributed by atoms with van der Waals surface area (Å²) >= 11 is 1.67. The van der Waals surface area contributed by atoms with Crippen molar-refractivity contribution in [1.29, 1.82) is 0 Å². The Balaban J connectivity index is 1.93. The molecule has 1 amide bonds. The van der Waals surface area contributed by atoms with Crippen molar-refractivity contribution in [3.63, 3.8) is 0 Å². The second kappa shape index (κ2) is 7.84. The number of thioether (sulfide) groups is 1. The lowest BCUT2D eigenvalue weighted by atomic mass is 10.1. The van der Waals surface area contributed by atoms with Crippen LogP contribution in [-0.4, -0.2) is 46.2 Å². The largest absolute Gasteiger partial charge is 0.350 e. The number of nitrogens with zero attached hydrogens (tertiary/aromatic N) is 4. The third kappa shape index (κ3) is 4.77. The van der Waals surface area contributed by atoms with Crippen LogP contribution in [-0.2, 0) is 17.6 Å². The van der Waals surface area contributed by atoms with Crippen LogP contribution in [0.5, 0.6) is 0 Å². The van der Waals surface area contributed by atoms with Crippen molar-refractivity contribution in [2.45, 2.75) is 50.5 Å². The van der Waals surface area contributed by atoms with E-state index in [0.29, 0.717) is 5.82 Å². The molecule has 0 saturated heterocycles. The number of amides is 1. The minimum atomic E-state index is -0.251. The zero-order valence-corrected chi connectivity index (χ0v) is 17.5. The number of hydrogen-bond donors (Lipinski definition) is 1. The van der Waals surface area contributed by atoms with E-state index >= 15 is 0 Å².